The fourth-order valence-corrected chi connectivity index (χ4v) is 5.30. The molecule has 0 atom stereocenters. The third-order valence-electron chi connectivity index (χ3n) is 5.32. The molecule has 1 aliphatic rings. The molecule has 3 aromatic carbocycles. The Labute approximate surface area is 241 Å². The number of aryl methyl sites for hydroxylation is 1. The van der Waals surface area contributed by atoms with E-state index in [-0.39, 0.29) is 24.0 Å². The average molecular weight is 641 g/mol. The van der Waals surface area contributed by atoms with Crippen LogP contribution in [0.25, 0.3) is 6.08 Å². The van der Waals surface area contributed by atoms with Crippen LogP contribution in [-0.2, 0) is 16.1 Å². The molecule has 6 nitrogen and oxygen atoms in total. The van der Waals surface area contributed by atoms with E-state index in [9.17, 15) is 14.4 Å². The van der Waals surface area contributed by atoms with Crippen molar-refractivity contribution >= 4 is 91.3 Å². The van der Waals surface area contributed by atoms with E-state index in [1.54, 1.807) is 60.7 Å². The van der Waals surface area contributed by atoms with Gasteiger partial charge in [-0.3, -0.25) is 19.3 Å². The highest BCUT2D eigenvalue weighted by molar-refractivity contribution is 9.10. The number of carbonyl (C=O) groups is 3. The molecular weight excluding hydrogens is 623 g/mol. The molecule has 37 heavy (non-hydrogen) atoms. The second-order valence-corrected chi connectivity index (χ2v) is 11.1. The molecule has 0 radical (unpaired) electrons. The summed E-state index contributed by atoms with van der Waals surface area (Å²) < 4.78 is 6.47. The third kappa shape index (κ3) is 6.69. The van der Waals surface area contributed by atoms with Crippen molar-refractivity contribution in [2.45, 2.75) is 13.5 Å². The summed E-state index contributed by atoms with van der Waals surface area (Å²) >= 11 is 22.8. The summed E-state index contributed by atoms with van der Waals surface area (Å²) in [6.45, 7) is 1.54. The predicted octanol–water partition coefficient (Wildman–Crippen LogP) is 7.97. The van der Waals surface area contributed by atoms with E-state index < -0.39 is 11.1 Å². The molecule has 3 amide bonds. The summed E-state index contributed by atoms with van der Waals surface area (Å²) in [7, 11) is 0. The van der Waals surface area contributed by atoms with E-state index in [0.717, 1.165) is 26.7 Å². The zero-order valence-electron chi connectivity index (χ0n) is 19.2. The number of hydrogen-bond acceptors (Lipinski definition) is 5. The lowest BCUT2D eigenvalue weighted by atomic mass is 10.1. The molecule has 1 fully saturated rings. The Bertz CT molecular complexity index is 1430. The van der Waals surface area contributed by atoms with Gasteiger partial charge in [-0.2, -0.15) is 0 Å². The second kappa shape index (κ2) is 11.9. The fourth-order valence-electron chi connectivity index (χ4n) is 3.39. The smallest absolute Gasteiger partial charge is 0.293 e. The number of imide groups is 1. The lowest BCUT2D eigenvalue weighted by Crippen LogP contribution is -2.27. The molecule has 3 aromatic rings. The Morgan fingerprint density at radius 3 is 2.49 bits per heavy atom. The summed E-state index contributed by atoms with van der Waals surface area (Å²) in [5, 5.41) is 3.56. The lowest BCUT2D eigenvalue weighted by Gasteiger charge is -2.15. The van der Waals surface area contributed by atoms with E-state index in [1.807, 2.05) is 6.92 Å². The monoisotopic (exact) mass is 638 g/mol. The number of benzene rings is 3. The van der Waals surface area contributed by atoms with Gasteiger partial charge in [-0.1, -0.05) is 62.9 Å². The first-order valence-electron chi connectivity index (χ1n) is 10.8. The van der Waals surface area contributed by atoms with Gasteiger partial charge in [-0.25, -0.2) is 0 Å². The maximum Gasteiger partial charge on any atom is 0.293 e. The molecular formula is C26H18BrCl3N2O4S. The van der Waals surface area contributed by atoms with Gasteiger partial charge < -0.3 is 10.1 Å². The zero-order chi connectivity index (χ0) is 26.7. The molecule has 0 aromatic heterocycles. The molecule has 1 saturated heterocycles. The highest BCUT2D eigenvalue weighted by Crippen LogP contribution is 2.37. The molecule has 1 aliphatic heterocycles. The number of halogens is 4. The Kier molecular flexibility index (Phi) is 8.87. The van der Waals surface area contributed by atoms with Crippen molar-refractivity contribution < 1.29 is 19.1 Å². The number of nitrogens with one attached hydrogen (secondary N) is 1. The third-order valence-corrected chi connectivity index (χ3v) is 7.84. The predicted molar refractivity (Wildman–Crippen MR) is 152 cm³/mol. The minimum atomic E-state index is -0.481. The van der Waals surface area contributed by atoms with Crippen molar-refractivity contribution in [3.05, 3.63) is 95.7 Å². The number of amides is 3. The van der Waals surface area contributed by atoms with Crippen LogP contribution in [0.1, 0.15) is 16.7 Å². The lowest BCUT2D eigenvalue weighted by molar-refractivity contribution is -0.123. The number of thioether (sulfide) groups is 1. The van der Waals surface area contributed by atoms with Crippen molar-refractivity contribution in [1.82, 2.24) is 4.90 Å². The van der Waals surface area contributed by atoms with Gasteiger partial charge in [0.25, 0.3) is 17.1 Å². The summed E-state index contributed by atoms with van der Waals surface area (Å²) in [6.07, 6.45) is 1.55. The molecule has 1 N–H and O–H groups in total. The van der Waals surface area contributed by atoms with Crippen molar-refractivity contribution in [3.63, 3.8) is 0 Å². The maximum absolute atomic E-state index is 13.1. The largest absolute Gasteiger partial charge is 0.483 e. The van der Waals surface area contributed by atoms with Gasteiger partial charge in [0.2, 0.25) is 0 Å². The van der Waals surface area contributed by atoms with Crippen LogP contribution >= 0.6 is 62.5 Å². The van der Waals surface area contributed by atoms with E-state index in [4.69, 9.17) is 39.5 Å². The number of carbonyl (C=O) groups excluding carboxylic acids is 3. The number of nitrogens with zero attached hydrogens (tertiary/aromatic N) is 1. The van der Waals surface area contributed by atoms with E-state index in [2.05, 4.69) is 21.2 Å². The Hall–Kier alpha value is -2.49. The average Bonchev–Trinajstić information content (AvgIpc) is 3.10. The summed E-state index contributed by atoms with van der Waals surface area (Å²) in [4.78, 5) is 39.4. The van der Waals surface area contributed by atoms with E-state index >= 15 is 0 Å². The van der Waals surface area contributed by atoms with Crippen LogP contribution in [0.4, 0.5) is 10.5 Å². The van der Waals surface area contributed by atoms with E-state index in [0.29, 0.717) is 37.6 Å². The first-order chi connectivity index (χ1) is 17.6. The first-order valence-corrected chi connectivity index (χ1v) is 13.5. The number of ether oxygens (including phenoxy) is 1. The normalized spacial score (nSPS) is 14.4. The summed E-state index contributed by atoms with van der Waals surface area (Å²) in [6, 6.07) is 15.3. The minimum absolute atomic E-state index is 0.0500. The highest BCUT2D eigenvalue weighted by Gasteiger charge is 2.36. The SMILES string of the molecule is Cc1ccc(NC(=O)COc2ccc(Br)cc2/C=C2\SC(=O)N(Cc3c(Cl)cccc3Cl)C2=O)cc1Cl. The number of hydrogen-bond donors (Lipinski definition) is 1. The Balaban J connectivity index is 1.49. The number of anilines is 1. The van der Waals surface area contributed by atoms with Crippen molar-refractivity contribution in [2.75, 3.05) is 11.9 Å². The first kappa shape index (κ1) is 27.5. The zero-order valence-corrected chi connectivity index (χ0v) is 23.9. The van der Waals surface area contributed by atoms with Crippen LogP contribution in [0.5, 0.6) is 5.75 Å². The van der Waals surface area contributed by atoms with Gasteiger partial charge in [0.1, 0.15) is 5.75 Å². The van der Waals surface area contributed by atoms with Crippen molar-refractivity contribution in [3.8, 4) is 5.75 Å². The molecule has 1 heterocycles. The van der Waals surface area contributed by atoms with Gasteiger partial charge >= 0.3 is 0 Å². The standard InChI is InChI=1S/C26H18BrCl3N2O4S/c1-14-5-7-17(11-21(14)30)31-24(33)13-36-22-8-6-16(27)9-15(22)10-23-25(34)32(26(35)37-23)12-18-19(28)3-2-4-20(18)29/h2-11H,12-13H2,1H3,(H,31,33)/b23-10-. The molecule has 0 unspecified atom stereocenters. The topological polar surface area (TPSA) is 75.7 Å². The van der Waals surface area contributed by atoms with Crippen LogP contribution in [0.2, 0.25) is 15.1 Å². The van der Waals surface area contributed by atoms with Crippen LogP contribution < -0.4 is 10.1 Å². The van der Waals surface area contributed by atoms with Gasteiger partial charge in [-0.15, -0.1) is 0 Å². The Morgan fingerprint density at radius 2 is 1.78 bits per heavy atom. The molecule has 4 rings (SSSR count). The molecule has 0 saturated carbocycles. The van der Waals surface area contributed by atoms with Crippen LogP contribution in [0, 0.1) is 6.92 Å². The van der Waals surface area contributed by atoms with Crippen LogP contribution in [-0.4, -0.2) is 28.6 Å². The van der Waals surface area contributed by atoms with Crippen molar-refractivity contribution in [1.29, 1.82) is 0 Å². The summed E-state index contributed by atoms with van der Waals surface area (Å²) in [5.74, 6) is -0.502. The van der Waals surface area contributed by atoms with Crippen molar-refractivity contribution in [2.24, 2.45) is 0 Å². The maximum atomic E-state index is 13.1. The number of rotatable bonds is 7. The van der Waals surface area contributed by atoms with Gasteiger partial charge in [0.05, 0.1) is 11.4 Å². The molecule has 0 bridgehead atoms. The Morgan fingerprint density at radius 1 is 1.05 bits per heavy atom. The van der Waals surface area contributed by atoms with Gasteiger partial charge in [0.15, 0.2) is 6.61 Å². The summed E-state index contributed by atoms with van der Waals surface area (Å²) in [5.41, 5.74) is 2.45. The second-order valence-electron chi connectivity index (χ2n) is 7.95. The van der Waals surface area contributed by atoms with E-state index in [1.165, 1.54) is 0 Å². The molecule has 0 spiro atoms. The fraction of sp³-hybridized carbons (Fsp3) is 0.115. The van der Waals surface area contributed by atoms with Crippen LogP contribution in [0.3, 0.4) is 0 Å². The van der Waals surface area contributed by atoms with Crippen LogP contribution in [0.15, 0.2) is 64.0 Å². The van der Waals surface area contributed by atoms with Gasteiger partial charge in [-0.05, 0) is 72.8 Å². The molecule has 11 heteroatoms. The molecule has 0 aliphatic carbocycles. The molecule has 190 valence electrons. The van der Waals surface area contributed by atoms with Gasteiger partial charge in [0, 0.05) is 36.4 Å². The highest BCUT2D eigenvalue weighted by atomic mass is 79.9. The minimum Gasteiger partial charge on any atom is -0.483 e. The quantitative estimate of drug-likeness (QED) is 0.265.